The van der Waals surface area contributed by atoms with E-state index in [9.17, 15) is 16.8 Å². The minimum Gasteiger partial charge on any atom is -0.253 e. The lowest BCUT2D eigenvalue weighted by atomic mass is 10.1. The van der Waals surface area contributed by atoms with E-state index in [1.165, 1.54) is 48.5 Å². The van der Waals surface area contributed by atoms with E-state index in [4.69, 9.17) is 23.2 Å². The minimum absolute atomic E-state index is 0.0146. The first-order valence-corrected chi connectivity index (χ1v) is 13.9. The number of rotatable bonds is 9. The Kier molecular flexibility index (Phi) is 7.79. The fourth-order valence-electron chi connectivity index (χ4n) is 2.74. The number of anilines is 1. The molecule has 3 rings (SSSR count). The van der Waals surface area contributed by atoms with Crippen molar-refractivity contribution in [2.75, 3.05) is 4.72 Å². The fraction of sp³-hybridized carbons (Fsp3) is 0.263. The van der Waals surface area contributed by atoms with Crippen molar-refractivity contribution in [3.63, 3.8) is 0 Å². The molecule has 172 valence electrons. The number of hydrogen-bond donors (Lipinski definition) is 2. The van der Waals surface area contributed by atoms with Crippen LogP contribution in [0.5, 0.6) is 0 Å². The van der Waals surface area contributed by atoms with Crippen LogP contribution in [0.4, 0.5) is 5.13 Å². The molecule has 3 aromatic rings. The van der Waals surface area contributed by atoms with E-state index >= 15 is 0 Å². The first-order chi connectivity index (χ1) is 15.0. The average molecular weight is 536 g/mol. The van der Waals surface area contributed by atoms with Crippen molar-refractivity contribution >= 4 is 59.7 Å². The van der Waals surface area contributed by atoms with Crippen molar-refractivity contribution in [1.82, 2.24) is 14.9 Å². The van der Waals surface area contributed by atoms with Gasteiger partial charge in [0, 0.05) is 10.0 Å². The maximum absolute atomic E-state index is 12.8. The summed E-state index contributed by atoms with van der Waals surface area (Å²) in [6.45, 7) is 3.88. The van der Waals surface area contributed by atoms with Gasteiger partial charge >= 0.3 is 0 Å². The number of nitrogens with zero attached hydrogens (tertiary/aromatic N) is 2. The Balaban J connectivity index is 1.83. The second kappa shape index (κ2) is 10.0. The summed E-state index contributed by atoms with van der Waals surface area (Å²) in [7, 11) is -7.76. The van der Waals surface area contributed by atoms with E-state index in [-0.39, 0.29) is 20.8 Å². The molecule has 0 fully saturated rings. The molecule has 0 aliphatic heterocycles. The Morgan fingerprint density at radius 3 is 1.84 bits per heavy atom. The maximum atomic E-state index is 12.8. The van der Waals surface area contributed by atoms with Crippen molar-refractivity contribution < 1.29 is 16.8 Å². The van der Waals surface area contributed by atoms with Crippen molar-refractivity contribution in [2.24, 2.45) is 5.92 Å². The van der Waals surface area contributed by atoms with Gasteiger partial charge in [-0.25, -0.2) is 21.6 Å². The molecule has 1 unspecified atom stereocenters. The van der Waals surface area contributed by atoms with E-state index in [1.54, 1.807) is 0 Å². The van der Waals surface area contributed by atoms with Gasteiger partial charge in [-0.2, -0.15) is 0 Å². The molecule has 2 N–H and O–H groups in total. The molecule has 0 amide bonds. The summed E-state index contributed by atoms with van der Waals surface area (Å²) in [6.07, 6.45) is 0.436. The third-order valence-corrected chi connectivity index (χ3v) is 8.64. The van der Waals surface area contributed by atoms with Gasteiger partial charge in [-0.05, 0) is 60.9 Å². The minimum atomic E-state index is -3.90. The molecule has 0 bridgehead atoms. The Bertz CT molecular complexity index is 1280. The first-order valence-electron chi connectivity index (χ1n) is 9.36. The van der Waals surface area contributed by atoms with E-state index < -0.39 is 26.1 Å². The normalized spacial score (nSPS) is 13.3. The molecule has 0 saturated heterocycles. The lowest BCUT2D eigenvalue weighted by molar-refractivity contribution is 0.469. The molecule has 8 nitrogen and oxygen atoms in total. The largest absolute Gasteiger partial charge is 0.263 e. The number of nitrogens with one attached hydrogen (secondary N) is 2. The number of aromatic nitrogens is 2. The number of benzene rings is 2. The zero-order chi connectivity index (χ0) is 23.5. The second-order valence-electron chi connectivity index (χ2n) is 7.26. The topological polar surface area (TPSA) is 118 Å². The van der Waals surface area contributed by atoms with Gasteiger partial charge in [0.05, 0.1) is 15.8 Å². The van der Waals surface area contributed by atoms with Gasteiger partial charge < -0.3 is 0 Å². The van der Waals surface area contributed by atoms with Crippen LogP contribution < -0.4 is 9.44 Å². The van der Waals surface area contributed by atoms with E-state index in [1.807, 2.05) is 13.8 Å². The highest BCUT2D eigenvalue weighted by Crippen LogP contribution is 2.30. The van der Waals surface area contributed by atoms with Crippen molar-refractivity contribution in [3.05, 3.63) is 63.6 Å². The van der Waals surface area contributed by atoms with Crippen LogP contribution in [0.15, 0.2) is 58.3 Å². The molecular weight excluding hydrogens is 515 g/mol. The SMILES string of the molecule is CC(C)CC(NS(=O)(=O)c1ccc(Cl)cc1)c1nnc(NS(=O)(=O)c2ccc(Cl)cc2)s1. The molecule has 2 aromatic carbocycles. The van der Waals surface area contributed by atoms with Crippen molar-refractivity contribution in [2.45, 2.75) is 36.1 Å². The fourth-order valence-corrected chi connectivity index (χ4v) is 6.32. The van der Waals surface area contributed by atoms with Gasteiger partial charge in [-0.3, -0.25) is 4.72 Å². The lowest BCUT2D eigenvalue weighted by Gasteiger charge is -2.18. The Hall–Kier alpha value is -1.76. The van der Waals surface area contributed by atoms with Crippen LogP contribution in [-0.2, 0) is 20.0 Å². The van der Waals surface area contributed by atoms with E-state index in [0.29, 0.717) is 21.5 Å². The van der Waals surface area contributed by atoms with Crippen molar-refractivity contribution in [3.8, 4) is 0 Å². The van der Waals surface area contributed by atoms with Crippen LogP contribution in [0.25, 0.3) is 0 Å². The second-order valence-corrected chi connectivity index (χ2v) is 12.5. The molecular formula is C19H20Cl2N4O4S3. The third-order valence-electron chi connectivity index (χ3n) is 4.21. The van der Waals surface area contributed by atoms with Gasteiger partial charge in [0.15, 0.2) is 0 Å². The van der Waals surface area contributed by atoms with Crippen LogP contribution in [0.3, 0.4) is 0 Å². The molecule has 1 aromatic heterocycles. The summed E-state index contributed by atoms with van der Waals surface area (Å²) in [6, 6.07) is 10.8. The van der Waals surface area contributed by atoms with Crippen LogP contribution in [-0.4, -0.2) is 27.0 Å². The van der Waals surface area contributed by atoms with Crippen LogP contribution >= 0.6 is 34.5 Å². The third kappa shape index (κ3) is 6.40. The summed E-state index contributed by atoms with van der Waals surface area (Å²) in [5, 5.41) is 9.10. The molecule has 0 aliphatic rings. The van der Waals surface area contributed by atoms with Gasteiger partial charge in [-0.1, -0.05) is 48.4 Å². The predicted octanol–water partition coefficient (Wildman–Crippen LogP) is 4.71. The summed E-state index contributed by atoms with van der Waals surface area (Å²) < 4.78 is 55.8. The van der Waals surface area contributed by atoms with Crippen LogP contribution in [0.1, 0.15) is 31.3 Å². The van der Waals surface area contributed by atoms with Gasteiger partial charge in [0.25, 0.3) is 10.0 Å². The van der Waals surface area contributed by atoms with Gasteiger partial charge in [0.1, 0.15) is 5.01 Å². The number of sulfonamides is 2. The lowest BCUT2D eigenvalue weighted by Crippen LogP contribution is -2.29. The molecule has 13 heteroatoms. The summed E-state index contributed by atoms with van der Waals surface area (Å²) in [5.74, 6) is 0.131. The van der Waals surface area contributed by atoms with E-state index in [2.05, 4.69) is 19.6 Å². The quantitative estimate of drug-likeness (QED) is 0.410. The highest BCUT2D eigenvalue weighted by molar-refractivity contribution is 7.93. The average Bonchev–Trinajstić information content (AvgIpc) is 3.15. The monoisotopic (exact) mass is 534 g/mol. The molecule has 1 atom stereocenters. The van der Waals surface area contributed by atoms with Crippen LogP contribution in [0, 0.1) is 5.92 Å². The number of hydrogen-bond acceptors (Lipinski definition) is 7. The zero-order valence-electron chi connectivity index (χ0n) is 17.0. The summed E-state index contributed by atoms with van der Waals surface area (Å²) in [4.78, 5) is 0.0738. The summed E-state index contributed by atoms with van der Waals surface area (Å²) in [5.41, 5.74) is 0. The molecule has 0 radical (unpaired) electrons. The molecule has 0 spiro atoms. The first kappa shape index (κ1) is 24.9. The van der Waals surface area contributed by atoms with Gasteiger partial charge in [-0.15, -0.1) is 10.2 Å². The molecule has 32 heavy (non-hydrogen) atoms. The molecule has 0 aliphatic carbocycles. The standard InChI is InChI=1S/C19H20Cl2N4O4S3/c1-12(2)11-17(24-31(26,27)15-7-3-13(20)4-8-15)18-22-23-19(30-18)25-32(28,29)16-9-5-14(21)6-10-16/h3-10,12,17,24H,11H2,1-2H3,(H,23,25). The highest BCUT2D eigenvalue weighted by atomic mass is 35.5. The zero-order valence-corrected chi connectivity index (χ0v) is 21.0. The Morgan fingerprint density at radius 1 is 0.844 bits per heavy atom. The highest BCUT2D eigenvalue weighted by Gasteiger charge is 2.26. The predicted molar refractivity (Wildman–Crippen MR) is 126 cm³/mol. The molecule has 0 saturated carbocycles. The Labute approximate surface area is 201 Å². The van der Waals surface area contributed by atoms with E-state index in [0.717, 1.165) is 11.3 Å². The Morgan fingerprint density at radius 2 is 1.34 bits per heavy atom. The van der Waals surface area contributed by atoms with Gasteiger partial charge in [0.2, 0.25) is 15.2 Å². The van der Waals surface area contributed by atoms with Crippen LogP contribution in [0.2, 0.25) is 10.0 Å². The maximum Gasteiger partial charge on any atom is 0.263 e. The number of halogens is 2. The van der Waals surface area contributed by atoms with Crippen molar-refractivity contribution in [1.29, 1.82) is 0 Å². The smallest absolute Gasteiger partial charge is 0.253 e. The molecule has 1 heterocycles. The summed E-state index contributed by atoms with van der Waals surface area (Å²) >= 11 is 12.6.